The molecule has 0 aliphatic heterocycles. The molecule has 1 heterocycles. The molecule has 0 radical (unpaired) electrons. The van der Waals surface area contributed by atoms with Crippen molar-refractivity contribution in [2.45, 2.75) is 19.9 Å². The summed E-state index contributed by atoms with van der Waals surface area (Å²) in [4.78, 5) is 28.7. The van der Waals surface area contributed by atoms with E-state index in [2.05, 4.69) is 9.97 Å². The molecular formula is C10H15N3O5S. The Balaban J connectivity index is 3.08. The quantitative estimate of drug-likeness (QED) is 0.724. The third-order valence-electron chi connectivity index (χ3n) is 2.54. The standard InChI is InChI=1S/C10H15N3O5S/c1-6-7(4-9(14)15)10(16)12-8(11-6)5-13(2)19(3,17)18/h4-5H2,1-3H3,(H,14,15)(H,11,12,16). The number of carbonyl (C=O) groups is 1. The Morgan fingerprint density at radius 3 is 2.47 bits per heavy atom. The highest BCUT2D eigenvalue weighted by Crippen LogP contribution is 2.04. The van der Waals surface area contributed by atoms with E-state index in [-0.39, 0.29) is 23.6 Å². The van der Waals surface area contributed by atoms with Crippen molar-refractivity contribution in [3.63, 3.8) is 0 Å². The highest BCUT2D eigenvalue weighted by atomic mass is 32.2. The van der Waals surface area contributed by atoms with Gasteiger partial charge in [-0.25, -0.2) is 13.4 Å². The number of aromatic nitrogens is 2. The normalized spacial score (nSPS) is 11.8. The summed E-state index contributed by atoms with van der Waals surface area (Å²) in [6.45, 7) is 1.43. The van der Waals surface area contributed by atoms with Gasteiger partial charge in [-0.2, -0.15) is 4.31 Å². The largest absolute Gasteiger partial charge is 0.481 e. The molecule has 1 aromatic heterocycles. The summed E-state index contributed by atoms with van der Waals surface area (Å²) in [6, 6.07) is 0. The predicted octanol–water partition coefficient (Wildman–Crippen LogP) is -0.903. The van der Waals surface area contributed by atoms with Gasteiger partial charge in [0.2, 0.25) is 10.0 Å². The van der Waals surface area contributed by atoms with E-state index in [4.69, 9.17) is 5.11 Å². The number of aryl methyl sites for hydroxylation is 1. The first kappa shape index (κ1) is 15.3. The second-order valence-electron chi connectivity index (χ2n) is 4.17. The molecule has 0 atom stereocenters. The van der Waals surface area contributed by atoms with Gasteiger partial charge in [0.15, 0.2) is 0 Å². The van der Waals surface area contributed by atoms with E-state index in [1.165, 1.54) is 14.0 Å². The molecule has 0 aliphatic carbocycles. The summed E-state index contributed by atoms with van der Waals surface area (Å²) >= 11 is 0. The molecule has 106 valence electrons. The maximum absolute atomic E-state index is 11.7. The van der Waals surface area contributed by atoms with Gasteiger partial charge in [-0.3, -0.25) is 9.59 Å². The smallest absolute Gasteiger partial charge is 0.308 e. The van der Waals surface area contributed by atoms with Crippen LogP contribution in [-0.4, -0.2) is 47.1 Å². The van der Waals surface area contributed by atoms with Gasteiger partial charge in [0.05, 0.1) is 19.2 Å². The van der Waals surface area contributed by atoms with E-state index in [1.807, 2.05) is 0 Å². The molecule has 0 saturated carbocycles. The average Bonchev–Trinajstić information content (AvgIpc) is 2.21. The van der Waals surface area contributed by atoms with Crippen LogP contribution in [0.25, 0.3) is 0 Å². The van der Waals surface area contributed by atoms with Crippen LogP contribution in [0.3, 0.4) is 0 Å². The third kappa shape index (κ3) is 4.14. The van der Waals surface area contributed by atoms with Crippen molar-refractivity contribution in [1.29, 1.82) is 0 Å². The van der Waals surface area contributed by atoms with Crippen LogP contribution < -0.4 is 5.56 Å². The van der Waals surface area contributed by atoms with Crippen LogP contribution in [0.1, 0.15) is 17.1 Å². The lowest BCUT2D eigenvalue weighted by Crippen LogP contribution is -2.29. The van der Waals surface area contributed by atoms with E-state index in [1.54, 1.807) is 0 Å². The lowest BCUT2D eigenvalue weighted by molar-refractivity contribution is -0.136. The minimum Gasteiger partial charge on any atom is -0.481 e. The number of sulfonamides is 1. The van der Waals surface area contributed by atoms with E-state index < -0.39 is 28.0 Å². The number of carboxylic acid groups (broad SMARTS) is 1. The summed E-state index contributed by atoms with van der Waals surface area (Å²) in [7, 11) is -2.02. The Kier molecular flexibility index (Phi) is 4.43. The first-order chi connectivity index (χ1) is 8.61. The van der Waals surface area contributed by atoms with E-state index in [9.17, 15) is 18.0 Å². The molecule has 0 fully saturated rings. The molecule has 1 rings (SSSR count). The van der Waals surface area contributed by atoms with Crippen molar-refractivity contribution in [3.05, 3.63) is 27.4 Å². The van der Waals surface area contributed by atoms with Gasteiger partial charge in [0.1, 0.15) is 5.82 Å². The zero-order chi connectivity index (χ0) is 14.8. The van der Waals surface area contributed by atoms with Gasteiger partial charge < -0.3 is 10.1 Å². The Bertz CT molecular complexity index is 650. The number of nitrogens with zero attached hydrogens (tertiary/aromatic N) is 2. The van der Waals surface area contributed by atoms with Gasteiger partial charge in [-0.15, -0.1) is 0 Å². The zero-order valence-electron chi connectivity index (χ0n) is 10.8. The summed E-state index contributed by atoms with van der Waals surface area (Å²) < 4.78 is 23.5. The van der Waals surface area contributed by atoms with Gasteiger partial charge in [-0.1, -0.05) is 0 Å². The summed E-state index contributed by atoms with van der Waals surface area (Å²) in [5.74, 6) is -0.957. The lowest BCUT2D eigenvalue weighted by atomic mass is 10.2. The maximum Gasteiger partial charge on any atom is 0.308 e. The van der Waals surface area contributed by atoms with Gasteiger partial charge in [0.25, 0.3) is 5.56 Å². The first-order valence-corrected chi connectivity index (χ1v) is 7.18. The molecule has 8 nitrogen and oxygen atoms in total. The molecule has 0 aromatic carbocycles. The molecule has 0 spiro atoms. The van der Waals surface area contributed by atoms with Crippen LogP contribution in [0, 0.1) is 6.92 Å². The number of nitrogens with one attached hydrogen (secondary N) is 1. The Morgan fingerprint density at radius 2 is 2.05 bits per heavy atom. The number of hydrogen-bond acceptors (Lipinski definition) is 5. The lowest BCUT2D eigenvalue weighted by Gasteiger charge is -2.13. The van der Waals surface area contributed by atoms with E-state index in [0.29, 0.717) is 0 Å². The summed E-state index contributed by atoms with van der Waals surface area (Å²) in [5.41, 5.74) is -0.215. The van der Waals surface area contributed by atoms with Gasteiger partial charge >= 0.3 is 5.97 Å². The second kappa shape index (κ2) is 5.49. The van der Waals surface area contributed by atoms with Gasteiger partial charge in [0, 0.05) is 18.3 Å². The highest BCUT2D eigenvalue weighted by molar-refractivity contribution is 7.88. The SMILES string of the molecule is Cc1nc(CN(C)S(C)(=O)=O)[nH]c(=O)c1CC(=O)O. The van der Waals surface area contributed by atoms with Crippen molar-refractivity contribution in [3.8, 4) is 0 Å². The number of H-pyrrole nitrogens is 1. The molecule has 1 aromatic rings. The van der Waals surface area contributed by atoms with Crippen LogP contribution >= 0.6 is 0 Å². The number of aromatic amines is 1. The maximum atomic E-state index is 11.7. The van der Waals surface area contributed by atoms with Crippen molar-refractivity contribution in [2.75, 3.05) is 13.3 Å². The average molecular weight is 289 g/mol. The van der Waals surface area contributed by atoms with Crippen LogP contribution in [0.5, 0.6) is 0 Å². The number of rotatable bonds is 5. The Hall–Kier alpha value is -1.74. The van der Waals surface area contributed by atoms with Crippen molar-refractivity contribution in [2.24, 2.45) is 0 Å². The Morgan fingerprint density at radius 1 is 1.47 bits per heavy atom. The third-order valence-corrected chi connectivity index (χ3v) is 3.80. The molecule has 2 N–H and O–H groups in total. The minimum atomic E-state index is -3.38. The molecule has 0 aliphatic rings. The predicted molar refractivity (Wildman–Crippen MR) is 67.2 cm³/mol. The van der Waals surface area contributed by atoms with Crippen LogP contribution in [0.2, 0.25) is 0 Å². The number of carboxylic acids is 1. The summed E-state index contributed by atoms with van der Waals surface area (Å²) in [6.07, 6.45) is 0.618. The van der Waals surface area contributed by atoms with E-state index >= 15 is 0 Å². The van der Waals surface area contributed by atoms with Crippen molar-refractivity contribution in [1.82, 2.24) is 14.3 Å². The topological polar surface area (TPSA) is 120 Å². The van der Waals surface area contributed by atoms with Gasteiger partial charge in [-0.05, 0) is 6.92 Å². The first-order valence-electron chi connectivity index (χ1n) is 5.33. The minimum absolute atomic E-state index is 0.0678. The fraction of sp³-hybridized carbons (Fsp3) is 0.500. The summed E-state index contributed by atoms with van der Waals surface area (Å²) in [5, 5.41) is 8.67. The number of aliphatic carboxylic acids is 1. The molecule has 9 heteroatoms. The van der Waals surface area contributed by atoms with Crippen LogP contribution in [0.4, 0.5) is 0 Å². The molecule has 0 saturated heterocycles. The number of hydrogen-bond donors (Lipinski definition) is 2. The Labute approximate surface area is 110 Å². The van der Waals surface area contributed by atoms with Crippen molar-refractivity contribution < 1.29 is 18.3 Å². The molecule has 0 amide bonds. The molecular weight excluding hydrogens is 274 g/mol. The second-order valence-corrected chi connectivity index (χ2v) is 6.26. The fourth-order valence-electron chi connectivity index (χ4n) is 1.43. The highest BCUT2D eigenvalue weighted by Gasteiger charge is 2.16. The van der Waals surface area contributed by atoms with Crippen LogP contribution in [0.15, 0.2) is 4.79 Å². The van der Waals surface area contributed by atoms with E-state index in [0.717, 1.165) is 10.6 Å². The molecule has 0 bridgehead atoms. The molecule has 19 heavy (non-hydrogen) atoms. The monoisotopic (exact) mass is 289 g/mol. The zero-order valence-corrected chi connectivity index (χ0v) is 11.6. The molecule has 0 unspecified atom stereocenters. The van der Waals surface area contributed by atoms with Crippen LogP contribution in [-0.2, 0) is 27.8 Å². The van der Waals surface area contributed by atoms with Crippen molar-refractivity contribution >= 4 is 16.0 Å². The fourth-order valence-corrected chi connectivity index (χ4v) is 1.79.